The lowest BCUT2D eigenvalue weighted by atomic mass is 9.98. The van der Waals surface area contributed by atoms with Gasteiger partial charge in [0.05, 0.1) is 12.0 Å². The zero-order chi connectivity index (χ0) is 15.4. The summed E-state index contributed by atoms with van der Waals surface area (Å²) in [6.45, 7) is 4.18. The Hall–Kier alpha value is -1.98. The number of carbonyl (C=O) groups excluding carboxylic acids is 3. The Labute approximate surface area is 123 Å². The minimum absolute atomic E-state index is 0.165. The number of unbranched alkanes of at least 4 members (excludes halogenated alkanes) is 1. The summed E-state index contributed by atoms with van der Waals surface area (Å²) >= 11 is 0. The highest BCUT2D eigenvalue weighted by atomic mass is 16.2. The Morgan fingerprint density at radius 2 is 2.14 bits per heavy atom. The molecule has 6 nitrogen and oxygen atoms in total. The second-order valence-electron chi connectivity index (χ2n) is 5.78. The van der Waals surface area contributed by atoms with E-state index >= 15 is 0 Å². The predicted octanol–water partition coefficient (Wildman–Crippen LogP) is 1.48. The summed E-state index contributed by atoms with van der Waals surface area (Å²) in [6, 6.07) is 0. The van der Waals surface area contributed by atoms with Crippen molar-refractivity contribution < 1.29 is 14.4 Å². The van der Waals surface area contributed by atoms with Crippen molar-refractivity contribution in [3.05, 3.63) is 17.7 Å². The number of amides is 2. The van der Waals surface area contributed by atoms with Crippen LogP contribution in [0, 0.1) is 5.92 Å². The van der Waals surface area contributed by atoms with Crippen LogP contribution in [0.3, 0.4) is 0 Å². The number of nitrogens with zero attached hydrogens (tertiary/aromatic N) is 2. The summed E-state index contributed by atoms with van der Waals surface area (Å²) < 4.78 is 1.79. The predicted molar refractivity (Wildman–Crippen MR) is 76.7 cm³/mol. The minimum Gasteiger partial charge on any atom is -0.326 e. The average molecular weight is 291 g/mol. The summed E-state index contributed by atoms with van der Waals surface area (Å²) in [4.78, 5) is 39.0. The van der Waals surface area contributed by atoms with E-state index in [9.17, 15) is 14.4 Å². The number of Topliss-reactive ketones (excluding diaryl/α,β-unsaturated/α-hetero) is 1. The van der Waals surface area contributed by atoms with Gasteiger partial charge in [0.2, 0.25) is 5.91 Å². The average Bonchev–Trinajstić information content (AvgIpc) is 2.75. The Morgan fingerprint density at radius 1 is 1.38 bits per heavy atom. The number of imide groups is 1. The Morgan fingerprint density at radius 3 is 2.86 bits per heavy atom. The highest BCUT2D eigenvalue weighted by Crippen LogP contribution is 2.18. The molecule has 1 aromatic rings. The molecule has 2 amide bonds. The van der Waals surface area contributed by atoms with Gasteiger partial charge in [0.25, 0.3) is 5.91 Å². The summed E-state index contributed by atoms with van der Waals surface area (Å²) in [5, 5.41) is 2.41. The van der Waals surface area contributed by atoms with Gasteiger partial charge in [0.1, 0.15) is 11.5 Å². The maximum atomic E-state index is 12.2. The molecule has 6 heteroatoms. The lowest BCUT2D eigenvalue weighted by Gasteiger charge is -2.16. The number of imidazole rings is 1. The standard InChI is InChI=1S/C15H21N3O3/c1-10-7-12-14(15(21)17-13(20)8-10)18(9-16-12)6-4-3-5-11(2)19/h9-10H,3-8H2,1-2H3,(H,17,20,21). The molecule has 0 spiro atoms. The third-order valence-electron chi connectivity index (χ3n) is 3.64. The van der Waals surface area contributed by atoms with Crippen molar-refractivity contribution >= 4 is 17.6 Å². The number of ketones is 1. The van der Waals surface area contributed by atoms with E-state index in [-0.39, 0.29) is 23.5 Å². The van der Waals surface area contributed by atoms with Crippen LogP contribution in [-0.2, 0) is 22.6 Å². The van der Waals surface area contributed by atoms with Crippen LogP contribution in [0.25, 0.3) is 0 Å². The van der Waals surface area contributed by atoms with Crippen molar-refractivity contribution in [1.82, 2.24) is 14.9 Å². The fourth-order valence-electron chi connectivity index (χ4n) is 2.62. The molecule has 1 atom stereocenters. The molecule has 0 fully saturated rings. The smallest absolute Gasteiger partial charge is 0.276 e. The van der Waals surface area contributed by atoms with Crippen LogP contribution in [0.15, 0.2) is 6.33 Å². The molecule has 0 saturated carbocycles. The quantitative estimate of drug-likeness (QED) is 0.658. The highest BCUT2D eigenvalue weighted by molar-refractivity contribution is 6.04. The lowest BCUT2D eigenvalue weighted by molar-refractivity contribution is -0.121. The molecular formula is C15H21N3O3. The number of fused-ring (bicyclic) bond motifs is 1. The van der Waals surface area contributed by atoms with Crippen molar-refractivity contribution in [1.29, 1.82) is 0 Å². The number of aromatic nitrogens is 2. The maximum Gasteiger partial charge on any atom is 0.276 e. The van der Waals surface area contributed by atoms with Crippen molar-refractivity contribution in [3.63, 3.8) is 0 Å². The van der Waals surface area contributed by atoms with Gasteiger partial charge in [0.15, 0.2) is 0 Å². The molecule has 2 rings (SSSR count). The molecule has 1 aromatic heterocycles. The number of aryl methyl sites for hydroxylation is 1. The second-order valence-corrected chi connectivity index (χ2v) is 5.78. The Bertz CT molecular complexity index is 563. The van der Waals surface area contributed by atoms with Gasteiger partial charge in [-0.15, -0.1) is 0 Å². The van der Waals surface area contributed by atoms with Crippen LogP contribution < -0.4 is 5.32 Å². The van der Waals surface area contributed by atoms with E-state index in [0.29, 0.717) is 31.5 Å². The summed E-state index contributed by atoms with van der Waals surface area (Å²) in [5.41, 5.74) is 1.23. The molecule has 1 N–H and O–H groups in total. The zero-order valence-electron chi connectivity index (χ0n) is 12.5. The van der Waals surface area contributed by atoms with Crippen LogP contribution >= 0.6 is 0 Å². The summed E-state index contributed by atoms with van der Waals surface area (Å²) in [6.07, 6.45) is 4.78. The normalized spacial score (nSPS) is 18.7. The van der Waals surface area contributed by atoms with Crippen molar-refractivity contribution in [3.8, 4) is 0 Å². The fourth-order valence-corrected chi connectivity index (χ4v) is 2.62. The topological polar surface area (TPSA) is 81.1 Å². The summed E-state index contributed by atoms with van der Waals surface area (Å²) in [7, 11) is 0. The molecule has 114 valence electrons. The van der Waals surface area contributed by atoms with E-state index in [1.807, 2.05) is 6.92 Å². The van der Waals surface area contributed by atoms with E-state index < -0.39 is 0 Å². The molecule has 0 saturated heterocycles. The van der Waals surface area contributed by atoms with Gasteiger partial charge in [-0.3, -0.25) is 14.9 Å². The molecular weight excluding hydrogens is 270 g/mol. The lowest BCUT2D eigenvalue weighted by Crippen LogP contribution is -2.35. The van der Waals surface area contributed by atoms with Crippen LogP contribution in [0.1, 0.15) is 55.7 Å². The molecule has 0 bridgehead atoms. The van der Waals surface area contributed by atoms with E-state index in [4.69, 9.17) is 0 Å². The van der Waals surface area contributed by atoms with Gasteiger partial charge in [-0.25, -0.2) is 4.98 Å². The first kappa shape index (κ1) is 15.4. The van der Waals surface area contributed by atoms with Gasteiger partial charge < -0.3 is 9.36 Å². The Balaban J connectivity index is 2.11. The molecule has 0 radical (unpaired) electrons. The molecule has 0 aromatic carbocycles. The number of rotatable bonds is 5. The van der Waals surface area contributed by atoms with E-state index in [1.165, 1.54) is 0 Å². The third kappa shape index (κ3) is 4.00. The summed E-state index contributed by atoms with van der Waals surface area (Å²) in [5.74, 6) is -0.264. The highest BCUT2D eigenvalue weighted by Gasteiger charge is 2.25. The third-order valence-corrected chi connectivity index (χ3v) is 3.64. The van der Waals surface area contributed by atoms with Gasteiger partial charge in [-0.1, -0.05) is 6.92 Å². The van der Waals surface area contributed by atoms with Crippen molar-refractivity contribution in [2.45, 2.75) is 52.5 Å². The van der Waals surface area contributed by atoms with E-state index in [2.05, 4.69) is 10.3 Å². The number of nitrogens with one attached hydrogen (secondary N) is 1. The SMILES string of the molecule is CC(=O)CCCCn1cnc2c1C(=O)NC(=O)CC(C)C2. The number of hydrogen-bond donors (Lipinski definition) is 1. The monoisotopic (exact) mass is 291 g/mol. The van der Waals surface area contributed by atoms with Crippen molar-refractivity contribution in [2.24, 2.45) is 5.92 Å². The maximum absolute atomic E-state index is 12.2. The minimum atomic E-state index is -0.369. The van der Waals surface area contributed by atoms with Crippen LogP contribution in [-0.4, -0.2) is 27.1 Å². The molecule has 0 aliphatic carbocycles. The van der Waals surface area contributed by atoms with E-state index in [1.54, 1.807) is 17.8 Å². The van der Waals surface area contributed by atoms with Gasteiger partial charge in [-0.05, 0) is 32.1 Å². The number of hydrogen-bond acceptors (Lipinski definition) is 4. The van der Waals surface area contributed by atoms with Gasteiger partial charge >= 0.3 is 0 Å². The molecule has 1 unspecified atom stereocenters. The molecule has 1 aliphatic rings. The fraction of sp³-hybridized carbons (Fsp3) is 0.600. The molecule has 2 heterocycles. The van der Waals surface area contributed by atoms with Crippen LogP contribution in [0.2, 0.25) is 0 Å². The van der Waals surface area contributed by atoms with Gasteiger partial charge in [-0.2, -0.15) is 0 Å². The molecule has 1 aliphatic heterocycles. The Kier molecular flexibility index (Phi) is 4.88. The second kappa shape index (κ2) is 6.65. The first-order valence-electron chi connectivity index (χ1n) is 7.35. The van der Waals surface area contributed by atoms with Crippen LogP contribution in [0.5, 0.6) is 0 Å². The van der Waals surface area contributed by atoms with E-state index in [0.717, 1.165) is 18.5 Å². The zero-order valence-corrected chi connectivity index (χ0v) is 12.5. The molecule has 21 heavy (non-hydrogen) atoms. The van der Waals surface area contributed by atoms with Gasteiger partial charge in [0, 0.05) is 19.4 Å². The van der Waals surface area contributed by atoms with Crippen LogP contribution in [0.4, 0.5) is 0 Å². The first-order valence-corrected chi connectivity index (χ1v) is 7.35. The first-order chi connectivity index (χ1) is 9.97. The number of carbonyl (C=O) groups is 3. The largest absolute Gasteiger partial charge is 0.326 e. The van der Waals surface area contributed by atoms with Crippen molar-refractivity contribution in [2.75, 3.05) is 0 Å².